The summed E-state index contributed by atoms with van der Waals surface area (Å²) in [6, 6.07) is 8.01. The van der Waals surface area contributed by atoms with Crippen LogP contribution in [-0.2, 0) is 4.79 Å². The summed E-state index contributed by atoms with van der Waals surface area (Å²) in [7, 11) is 0. The van der Waals surface area contributed by atoms with Crippen molar-refractivity contribution in [2.45, 2.75) is 56.6 Å². The summed E-state index contributed by atoms with van der Waals surface area (Å²) in [6.45, 7) is 6.97. The number of piperidine rings is 1. The van der Waals surface area contributed by atoms with Gasteiger partial charge in [0.1, 0.15) is 0 Å². The predicted octanol–water partition coefficient (Wildman–Crippen LogP) is 2.17. The molecule has 24 heavy (non-hydrogen) atoms. The highest BCUT2D eigenvalue weighted by atomic mass is 32.2. The summed E-state index contributed by atoms with van der Waals surface area (Å²) in [5.74, 6) is 0.224. The Bertz CT molecular complexity index is 577. The first-order valence-electron chi connectivity index (χ1n) is 8.53. The Hall–Kier alpha value is -1.53. The standard InChI is InChI=1S/C18H27N3O2S/c1-12(2)20-17(22)11-24-16-9-5-4-7-14(16)18(23)21-15-8-6-10-19-13(15)3/h4-5,7,9,12-13,15,19H,6,8,10-11H2,1-3H3,(H,20,22)(H,21,23). The number of rotatable bonds is 6. The lowest BCUT2D eigenvalue weighted by molar-refractivity contribution is -0.119. The van der Waals surface area contributed by atoms with Gasteiger partial charge in [-0.25, -0.2) is 0 Å². The molecule has 2 rings (SSSR count). The van der Waals surface area contributed by atoms with Crippen molar-refractivity contribution in [1.82, 2.24) is 16.0 Å². The SMILES string of the molecule is CC(C)NC(=O)CSc1ccccc1C(=O)NC1CCCNC1C. The molecule has 2 unspecified atom stereocenters. The highest BCUT2D eigenvalue weighted by molar-refractivity contribution is 8.00. The van der Waals surface area contributed by atoms with Gasteiger partial charge in [0.15, 0.2) is 0 Å². The van der Waals surface area contributed by atoms with Crippen LogP contribution in [0.2, 0.25) is 0 Å². The van der Waals surface area contributed by atoms with E-state index in [1.165, 1.54) is 11.8 Å². The van der Waals surface area contributed by atoms with E-state index < -0.39 is 0 Å². The van der Waals surface area contributed by atoms with E-state index in [1.807, 2.05) is 38.1 Å². The fraction of sp³-hybridized carbons (Fsp3) is 0.556. The fourth-order valence-electron chi connectivity index (χ4n) is 2.77. The molecule has 1 aromatic carbocycles. The summed E-state index contributed by atoms with van der Waals surface area (Å²) in [6.07, 6.45) is 2.06. The van der Waals surface area contributed by atoms with Crippen molar-refractivity contribution >= 4 is 23.6 Å². The normalized spacial score (nSPS) is 20.7. The molecule has 0 aliphatic carbocycles. The first-order valence-corrected chi connectivity index (χ1v) is 9.51. The Labute approximate surface area is 148 Å². The van der Waals surface area contributed by atoms with Gasteiger partial charge in [-0.3, -0.25) is 9.59 Å². The molecule has 0 spiro atoms. The Morgan fingerprint density at radius 2 is 2.08 bits per heavy atom. The van der Waals surface area contributed by atoms with Gasteiger partial charge in [-0.1, -0.05) is 12.1 Å². The third kappa shape index (κ3) is 5.53. The molecule has 132 valence electrons. The molecule has 0 bridgehead atoms. The maximum absolute atomic E-state index is 12.6. The van der Waals surface area contributed by atoms with Gasteiger partial charge < -0.3 is 16.0 Å². The summed E-state index contributed by atoms with van der Waals surface area (Å²) in [5.41, 5.74) is 0.637. The Morgan fingerprint density at radius 1 is 1.33 bits per heavy atom. The summed E-state index contributed by atoms with van der Waals surface area (Å²) in [5, 5.41) is 9.38. The minimum absolute atomic E-state index is 0.0182. The van der Waals surface area contributed by atoms with E-state index in [0.717, 1.165) is 24.3 Å². The molecule has 0 radical (unpaired) electrons. The van der Waals surface area contributed by atoms with E-state index in [4.69, 9.17) is 0 Å². The van der Waals surface area contributed by atoms with E-state index in [9.17, 15) is 9.59 Å². The van der Waals surface area contributed by atoms with Crippen LogP contribution in [0.1, 0.15) is 44.0 Å². The number of thioether (sulfide) groups is 1. The van der Waals surface area contributed by atoms with E-state index in [2.05, 4.69) is 22.9 Å². The average molecular weight is 350 g/mol. The van der Waals surface area contributed by atoms with E-state index >= 15 is 0 Å². The number of benzene rings is 1. The van der Waals surface area contributed by atoms with Gasteiger partial charge in [-0.05, 0) is 52.3 Å². The molecule has 0 aromatic heterocycles. The molecule has 1 aromatic rings. The van der Waals surface area contributed by atoms with Gasteiger partial charge in [-0.2, -0.15) is 0 Å². The van der Waals surface area contributed by atoms with Gasteiger partial charge in [0.2, 0.25) is 5.91 Å². The van der Waals surface area contributed by atoms with E-state index in [-0.39, 0.29) is 29.9 Å². The first kappa shape index (κ1) is 18.8. The van der Waals surface area contributed by atoms with Crippen LogP contribution in [0.25, 0.3) is 0 Å². The maximum atomic E-state index is 12.6. The summed E-state index contributed by atoms with van der Waals surface area (Å²) < 4.78 is 0. The van der Waals surface area contributed by atoms with Crippen LogP contribution in [0.3, 0.4) is 0 Å². The first-order chi connectivity index (χ1) is 11.5. The van der Waals surface area contributed by atoms with E-state index in [0.29, 0.717) is 11.3 Å². The van der Waals surface area contributed by atoms with Crippen molar-refractivity contribution in [2.24, 2.45) is 0 Å². The van der Waals surface area contributed by atoms with E-state index in [1.54, 1.807) is 0 Å². The topological polar surface area (TPSA) is 70.2 Å². The third-order valence-corrected chi connectivity index (χ3v) is 5.09. The molecule has 3 N–H and O–H groups in total. The van der Waals surface area contributed by atoms with Crippen LogP contribution < -0.4 is 16.0 Å². The number of hydrogen-bond acceptors (Lipinski definition) is 4. The number of amides is 2. The van der Waals surface area contributed by atoms with Crippen LogP contribution in [-0.4, -0.2) is 42.2 Å². The van der Waals surface area contributed by atoms with Gasteiger partial charge in [0.05, 0.1) is 11.3 Å². The Balaban J connectivity index is 1.99. The van der Waals surface area contributed by atoms with Crippen LogP contribution in [0.4, 0.5) is 0 Å². The van der Waals surface area contributed by atoms with Gasteiger partial charge in [0.25, 0.3) is 5.91 Å². The van der Waals surface area contributed by atoms with Crippen LogP contribution in [0, 0.1) is 0 Å². The van der Waals surface area contributed by atoms with Crippen molar-refractivity contribution in [3.8, 4) is 0 Å². The summed E-state index contributed by atoms with van der Waals surface area (Å²) >= 11 is 1.40. The van der Waals surface area contributed by atoms with Crippen molar-refractivity contribution < 1.29 is 9.59 Å². The molecule has 1 heterocycles. The molecule has 5 nitrogen and oxygen atoms in total. The van der Waals surface area contributed by atoms with Gasteiger partial charge in [-0.15, -0.1) is 11.8 Å². The fourth-order valence-corrected chi connectivity index (χ4v) is 3.64. The zero-order valence-electron chi connectivity index (χ0n) is 14.6. The van der Waals surface area contributed by atoms with Crippen molar-refractivity contribution in [3.05, 3.63) is 29.8 Å². The highest BCUT2D eigenvalue weighted by Crippen LogP contribution is 2.23. The molecule has 1 fully saturated rings. The van der Waals surface area contributed by atoms with Crippen molar-refractivity contribution in [2.75, 3.05) is 12.3 Å². The summed E-state index contributed by atoms with van der Waals surface area (Å²) in [4.78, 5) is 25.3. The predicted molar refractivity (Wildman–Crippen MR) is 98.4 cm³/mol. The lowest BCUT2D eigenvalue weighted by Gasteiger charge is -2.30. The third-order valence-electron chi connectivity index (χ3n) is 4.02. The van der Waals surface area contributed by atoms with Gasteiger partial charge in [0, 0.05) is 23.0 Å². The highest BCUT2D eigenvalue weighted by Gasteiger charge is 2.23. The molecular weight excluding hydrogens is 322 g/mol. The Kier molecular flexibility index (Phi) is 7.12. The molecular formula is C18H27N3O2S. The van der Waals surface area contributed by atoms with Gasteiger partial charge >= 0.3 is 0 Å². The number of carbonyl (C=O) groups is 2. The second-order valence-corrected chi connectivity index (χ2v) is 7.49. The quantitative estimate of drug-likeness (QED) is 0.689. The second kappa shape index (κ2) is 9.08. The molecule has 0 saturated carbocycles. The minimum Gasteiger partial charge on any atom is -0.353 e. The molecule has 1 saturated heterocycles. The van der Waals surface area contributed by atoms with Crippen molar-refractivity contribution in [3.63, 3.8) is 0 Å². The minimum atomic E-state index is -0.0667. The monoisotopic (exact) mass is 349 g/mol. The lowest BCUT2D eigenvalue weighted by atomic mass is 9.99. The molecule has 2 amide bonds. The Morgan fingerprint density at radius 3 is 2.79 bits per heavy atom. The van der Waals surface area contributed by atoms with Crippen LogP contribution >= 0.6 is 11.8 Å². The smallest absolute Gasteiger partial charge is 0.252 e. The number of carbonyl (C=O) groups excluding carboxylic acids is 2. The molecule has 1 aliphatic rings. The molecule has 6 heteroatoms. The van der Waals surface area contributed by atoms with Crippen LogP contribution in [0.15, 0.2) is 29.2 Å². The zero-order valence-corrected chi connectivity index (χ0v) is 15.4. The maximum Gasteiger partial charge on any atom is 0.252 e. The zero-order chi connectivity index (χ0) is 17.5. The molecule has 2 atom stereocenters. The lowest BCUT2D eigenvalue weighted by Crippen LogP contribution is -2.51. The van der Waals surface area contributed by atoms with Crippen LogP contribution in [0.5, 0.6) is 0 Å². The second-order valence-electron chi connectivity index (χ2n) is 6.47. The largest absolute Gasteiger partial charge is 0.353 e. The number of nitrogens with one attached hydrogen (secondary N) is 3. The molecule has 1 aliphatic heterocycles. The van der Waals surface area contributed by atoms with Crippen molar-refractivity contribution in [1.29, 1.82) is 0 Å². The number of hydrogen-bond donors (Lipinski definition) is 3. The average Bonchev–Trinajstić information content (AvgIpc) is 2.54.